The Kier molecular flexibility index (Phi) is 4.17. The van der Waals surface area contributed by atoms with E-state index in [1.807, 2.05) is 0 Å². The zero-order valence-corrected chi connectivity index (χ0v) is 14.3. The number of nitrogens with one attached hydrogen (secondary N) is 1. The van der Waals surface area contributed by atoms with Crippen LogP contribution in [0.3, 0.4) is 0 Å². The molecule has 0 spiro atoms. The van der Waals surface area contributed by atoms with Crippen molar-refractivity contribution in [1.29, 1.82) is 0 Å². The van der Waals surface area contributed by atoms with Crippen LogP contribution in [0.25, 0.3) is 0 Å². The van der Waals surface area contributed by atoms with E-state index in [9.17, 15) is 17.6 Å². The molecule has 2 aromatic rings. The first-order chi connectivity index (χ1) is 11.3. The Balaban J connectivity index is 2.03. The van der Waals surface area contributed by atoms with Crippen molar-refractivity contribution < 1.29 is 17.6 Å². The predicted octanol–water partition coefficient (Wildman–Crippen LogP) is 3.53. The Hall–Kier alpha value is -2.21. The average molecular weight is 347 g/mol. The minimum atomic E-state index is -3.45. The molecule has 1 N–H and O–H groups in total. The Labute approximate surface area is 140 Å². The van der Waals surface area contributed by atoms with Gasteiger partial charge in [0, 0.05) is 11.8 Å². The summed E-state index contributed by atoms with van der Waals surface area (Å²) in [6.07, 6.45) is 2.67. The van der Waals surface area contributed by atoms with Crippen LogP contribution < -0.4 is 5.32 Å². The summed E-state index contributed by atoms with van der Waals surface area (Å²) in [6, 6.07) is 8.99. The third kappa shape index (κ3) is 3.19. The molecule has 0 radical (unpaired) electrons. The fourth-order valence-electron chi connectivity index (χ4n) is 3.10. The minimum Gasteiger partial charge on any atom is -0.377 e. The summed E-state index contributed by atoms with van der Waals surface area (Å²) in [5.74, 6) is -0.459. The van der Waals surface area contributed by atoms with E-state index in [4.69, 9.17) is 0 Å². The Bertz CT molecular complexity index is 922. The van der Waals surface area contributed by atoms with Crippen LogP contribution in [-0.2, 0) is 16.3 Å². The summed E-state index contributed by atoms with van der Waals surface area (Å²) in [7, 11) is -3.45. The van der Waals surface area contributed by atoms with E-state index in [-0.39, 0.29) is 22.5 Å². The van der Waals surface area contributed by atoms with Gasteiger partial charge in [0.15, 0.2) is 15.6 Å². The number of fused-ring (bicyclic) bond motifs is 1. The minimum absolute atomic E-state index is 0.136. The van der Waals surface area contributed by atoms with E-state index in [1.54, 1.807) is 12.1 Å². The lowest BCUT2D eigenvalue weighted by Crippen LogP contribution is -2.12. The smallest absolute Gasteiger partial charge is 0.177 e. The van der Waals surface area contributed by atoms with E-state index in [2.05, 4.69) is 5.32 Å². The molecule has 2 aromatic carbocycles. The number of hydrogen-bond acceptors (Lipinski definition) is 4. The SMILES string of the molecule is CC(=O)c1ccc(S(C)(=O)=O)c(NC2CCc3ccc(F)cc32)c1. The third-order valence-electron chi connectivity index (χ3n) is 4.30. The third-order valence-corrected chi connectivity index (χ3v) is 5.46. The number of carbonyl (C=O) groups excluding carboxylic acids is 1. The van der Waals surface area contributed by atoms with Gasteiger partial charge in [-0.3, -0.25) is 4.79 Å². The highest BCUT2D eigenvalue weighted by molar-refractivity contribution is 7.90. The molecule has 1 unspecified atom stereocenters. The van der Waals surface area contributed by atoms with Crippen molar-refractivity contribution >= 4 is 21.3 Å². The van der Waals surface area contributed by atoms with Gasteiger partial charge in [0.1, 0.15) is 5.82 Å². The van der Waals surface area contributed by atoms with E-state index in [0.717, 1.165) is 30.2 Å². The van der Waals surface area contributed by atoms with Gasteiger partial charge in [-0.1, -0.05) is 6.07 Å². The summed E-state index contributed by atoms with van der Waals surface area (Å²) in [4.78, 5) is 11.7. The van der Waals surface area contributed by atoms with Gasteiger partial charge >= 0.3 is 0 Å². The summed E-state index contributed by atoms with van der Waals surface area (Å²) < 4.78 is 37.6. The van der Waals surface area contributed by atoms with Gasteiger partial charge in [-0.05, 0) is 61.2 Å². The zero-order valence-electron chi connectivity index (χ0n) is 13.5. The lowest BCUT2D eigenvalue weighted by Gasteiger charge is -2.18. The normalized spacial score (nSPS) is 16.7. The van der Waals surface area contributed by atoms with Crippen LogP contribution in [0.5, 0.6) is 0 Å². The number of Topliss-reactive ketones (excluding diaryl/α,β-unsaturated/α-hetero) is 1. The monoisotopic (exact) mass is 347 g/mol. The lowest BCUT2D eigenvalue weighted by atomic mass is 10.1. The average Bonchev–Trinajstić information content (AvgIpc) is 2.88. The number of sulfone groups is 1. The molecule has 0 saturated heterocycles. The number of anilines is 1. The molecular weight excluding hydrogens is 329 g/mol. The van der Waals surface area contributed by atoms with Crippen molar-refractivity contribution in [2.24, 2.45) is 0 Å². The predicted molar refractivity (Wildman–Crippen MR) is 90.6 cm³/mol. The zero-order chi connectivity index (χ0) is 17.5. The van der Waals surface area contributed by atoms with Gasteiger partial charge in [-0.2, -0.15) is 0 Å². The molecule has 6 heteroatoms. The maximum Gasteiger partial charge on any atom is 0.177 e. The van der Waals surface area contributed by atoms with Crippen molar-refractivity contribution in [2.75, 3.05) is 11.6 Å². The Morgan fingerprint density at radius 3 is 2.62 bits per heavy atom. The Morgan fingerprint density at radius 2 is 1.96 bits per heavy atom. The molecule has 3 rings (SSSR count). The molecule has 1 atom stereocenters. The summed E-state index contributed by atoms with van der Waals surface area (Å²) >= 11 is 0. The highest BCUT2D eigenvalue weighted by atomic mass is 32.2. The topological polar surface area (TPSA) is 63.2 Å². The molecule has 4 nitrogen and oxygen atoms in total. The first kappa shape index (κ1) is 16.6. The van der Waals surface area contributed by atoms with Gasteiger partial charge in [0.2, 0.25) is 0 Å². The second-order valence-electron chi connectivity index (χ2n) is 6.12. The maximum atomic E-state index is 13.5. The number of halogens is 1. The van der Waals surface area contributed by atoms with Crippen molar-refractivity contribution in [2.45, 2.75) is 30.7 Å². The van der Waals surface area contributed by atoms with E-state index in [1.165, 1.54) is 31.2 Å². The van der Waals surface area contributed by atoms with Gasteiger partial charge in [-0.25, -0.2) is 12.8 Å². The van der Waals surface area contributed by atoms with E-state index in [0.29, 0.717) is 11.3 Å². The second-order valence-corrected chi connectivity index (χ2v) is 8.10. The van der Waals surface area contributed by atoms with Crippen LogP contribution in [0.2, 0.25) is 0 Å². The van der Waals surface area contributed by atoms with Crippen LogP contribution in [0, 0.1) is 5.82 Å². The summed E-state index contributed by atoms with van der Waals surface area (Å²) in [5, 5.41) is 3.20. The molecule has 0 aromatic heterocycles. The molecule has 1 aliphatic carbocycles. The molecular formula is C18H18FNO3S. The van der Waals surface area contributed by atoms with Gasteiger partial charge in [-0.15, -0.1) is 0 Å². The lowest BCUT2D eigenvalue weighted by molar-refractivity contribution is 0.101. The molecule has 0 fully saturated rings. The van der Waals surface area contributed by atoms with Crippen LogP contribution in [0.1, 0.15) is 40.9 Å². The molecule has 1 aliphatic rings. The molecule has 0 heterocycles. The molecule has 0 saturated carbocycles. The van der Waals surface area contributed by atoms with Gasteiger partial charge in [0.25, 0.3) is 0 Å². The van der Waals surface area contributed by atoms with Crippen molar-refractivity contribution in [3.8, 4) is 0 Å². The second kappa shape index (κ2) is 6.02. The molecule has 0 aliphatic heterocycles. The fraction of sp³-hybridized carbons (Fsp3) is 0.278. The van der Waals surface area contributed by atoms with Crippen LogP contribution in [0.15, 0.2) is 41.3 Å². The Morgan fingerprint density at radius 1 is 1.21 bits per heavy atom. The van der Waals surface area contributed by atoms with Crippen molar-refractivity contribution in [3.63, 3.8) is 0 Å². The van der Waals surface area contributed by atoms with Crippen molar-refractivity contribution in [1.82, 2.24) is 0 Å². The summed E-state index contributed by atoms with van der Waals surface area (Å²) in [6.45, 7) is 1.43. The van der Waals surface area contributed by atoms with Crippen LogP contribution in [-0.4, -0.2) is 20.5 Å². The largest absolute Gasteiger partial charge is 0.377 e. The molecule has 0 amide bonds. The van der Waals surface area contributed by atoms with E-state index >= 15 is 0 Å². The standard InChI is InChI=1S/C18H18FNO3S/c1-11(21)13-5-8-18(24(2,22)23)17(9-13)20-16-7-4-12-3-6-14(19)10-15(12)16/h3,5-6,8-10,16,20H,4,7H2,1-2H3. The van der Waals surface area contributed by atoms with Crippen LogP contribution in [0.4, 0.5) is 10.1 Å². The molecule has 24 heavy (non-hydrogen) atoms. The fourth-order valence-corrected chi connectivity index (χ4v) is 3.93. The molecule has 0 bridgehead atoms. The molecule has 126 valence electrons. The first-order valence-electron chi connectivity index (χ1n) is 7.65. The number of hydrogen-bond donors (Lipinski definition) is 1. The first-order valence-corrected chi connectivity index (χ1v) is 9.55. The number of carbonyl (C=O) groups is 1. The van der Waals surface area contributed by atoms with Crippen molar-refractivity contribution in [3.05, 3.63) is 58.9 Å². The van der Waals surface area contributed by atoms with Gasteiger partial charge < -0.3 is 5.32 Å². The number of rotatable bonds is 4. The van der Waals surface area contributed by atoms with Gasteiger partial charge in [0.05, 0.1) is 16.6 Å². The van der Waals surface area contributed by atoms with Crippen LogP contribution >= 0.6 is 0 Å². The maximum absolute atomic E-state index is 13.5. The van der Waals surface area contributed by atoms with E-state index < -0.39 is 9.84 Å². The number of benzene rings is 2. The summed E-state index contributed by atoms with van der Waals surface area (Å²) in [5.41, 5.74) is 2.70. The highest BCUT2D eigenvalue weighted by Gasteiger charge is 2.25. The number of ketones is 1. The quantitative estimate of drug-likeness (QED) is 0.860. The highest BCUT2D eigenvalue weighted by Crippen LogP contribution is 2.36. The number of aryl methyl sites for hydroxylation is 1.